The molecular formula is C16H16N2O2. The van der Waals surface area contributed by atoms with Crippen molar-refractivity contribution in [2.24, 2.45) is 0 Å². The van der Waals surface area contributed by atoms with Gasteiger partial charge in [0.1, 0.15) is 5.82 Å². The lowest BCUT2D eigenvalue weighted by atomic mass is 10.1. The molecule has 0 unspecified atom stereocenters. The second-order valence-corrected chi connectivity index (χ2v) is 5.15. The highest BCUT2D eigenvalue weighted by atomic mass is 16.4. The number of hydrogen-bond donors (Lipinski definition) is 2. The summed E-state index contributed by atoms with van der Waals surface area (Å²) >= 11 is 0. The summed E-state index contributed by atoms with van der Waals surface area (Å²) in [6.45, 7) is 1.72. The second-order valence-electron chi connectivity index (χ2n) is 5.15. The number of carboxylic acid groups (broad SMARTS) is 1. The molecule has 1 aliphatic rings. The van der Waals surface area contributed by atoms with Crippen molar-refractivity contribution in [1.29, 1.82) is 0 Å². The fraction of sp³-hybridized carbons (Fsp3) is 0.250. The zero-order valence-electron chi connectivity index (χ0n) is 11.3. The van der Waals surface area contributed by atoms with Crippen molar-refractivity contribution in [1.82, 2.24) is 4.98 Å². The van der Waals surface area contributed by atoms with Gasteiger partial charge in [-0.1, -0.05) is 24.3 Å². The molecule has 2 N–H and O–H groups in total. The molecule has 0 radical (unpaired) electrons. The van der Waals surface area contributed by atoms with Crippen LogP contribution in [0.4, 0.5) is 5.82 Å². The summed E-state index contributed by atoms with van der Waals surface area (Å²) in [4.78, 5) is 15.3. The molecular weight excluding hydrogens is 252 g/mol. The van der Waals surface area contributed by atoms with Crippen LogP contribution in [-0.2, 0) is 12.8 Å². The maximum absolute atomic E-state index is 11.0. The van der Waals surface area contributed by atoms with E-state index in [1.54, 1.807) is 19.1 Å². The van der Waals surface area contributed by atoms with Crippen molar-refractivity contribution in [2.75, 3.05) is 5.32 Å². The molecule has 102 valence electrons. The van der Waals surface area contributed by atoms with Crippen LogP contribution in [0, 0.1) is 6.92 Å². The number of nitrogens with one attached hydrogen (secondary N) is 1. The fourth-order valence-electron chi connectivity index (χ4n) is 2.74. The van der Waals surface area contributed by atoms with Gasteiger partial charge >= 0.3 is 5.97 Å². The number of aromatic nitrogens is 1. The maximum Gasteiger partial charge on any atom is 0.337 e. The topological polar surface area (TPSA) is 62.2 Å². The Hall–Kier alpha value is -2.36. The van der Waals surface area contributed by atoms with Crippen LogP contribution in [0.1, 0.15) is 27.2 Å². The van der Waals surface area contributed by atoms with Crippen LogP contribution < -0.4 is 5.32 Å². The highest BCUT2D eigenvalue weighted by molar-refractivity contribution is 5.89. The van der Waals surface area contributed by atoms with Crippen LogP contribution in [0.5, 0.6) is 0 Å². The number of rotatable bonds is 3. The zero-order valence-corrected chi connectivity index (χ0v) is 11.3. The number of pyridine rings is 1. The number of carboxylic acids is 1. The normalized spacial score (nSPS) is 14.1. The van der Waals surface area contributed by atoms with Crippen LogP contribution >= 0.6 is 0 Å². The summed E-state index contributed by atoms with van der Waals surface area (Å²) in [7, 11) is 0. The van der Waals surface area contributed by atoms with E-state index in [-0.39, 0.29) is 5.56 Å². The smallest absolute Gasteiger partial charge is 0.337 e. The predicted octanol–water partition coefficient (Wildman–Crippen LogP) is 2.67. The Bertz CT molecular complexity index is 642. The van der Waals surface area contributed by atoms with E-state index in [9.17, 15) is 4.79 Å². The maximum atomic E-state index is 11.0. The van der Waals surface area contributed by atoms with Gasteiger partial charge in [0.2, 0.25) is 0 Å². The summed E-state index contributed by atoms with van der Waals surface area (Å²) in [5.74, 6) is -0.194. The van der Waals surface area contributed by atoms with Crippen molar-refractivity contribution in [3.63, 3.8) is 0 Å². The third-order valence-electron chi connectivity index (χ3n) is 3.72. The molecule has 0 saturated carbocycles. The number of fused-ring (bicyclic) bond motifs is 1. The van der Waals surface area contributed by atoms with E-state index >= 15 is 0 Å². The van der Waals surface area contributed by atoms with Gasteiger partial charge in [0.25, 0.3) is 0 Å². The zero-order chi connectivity index (χ0) is 14.1. The van der Waals surface area contributed by atoms with E-state index in [2.05, 4.69) is 34.6 Å². The predicted molar refractivity (Wildman–Crippen MR) is 77.2 cm³/mol. The summed E-state index contributed by atoms with van der Waals surface area (Å²) < 4.78 is 0. The van der Waals surface area contributed by atoms with Gasteiger partial charge in [-0.15, -0.1) is 0 Å². The van der Waals surface area contributed by atoms with Gasteiger partial charge in [-0.25, -0.2) is 9.78 Å². The third kappa shape index (κ3) is 2.37. The Morgan fingerprint density at radius 2 is 1.85 bits per heavy atom. The molecule has 0 bridgehead atoms. The minimum absolute atomic E-state index is 0.255. The number of benzene rings is 1. The van der Waals surface area contributed by atoms with E-state index in [0.717, 1.165) is 18.7 Å². The van der Waals surface area contributed by atoms with Crippen molar-refractivity contribution in [3.8, 4) is 0 Å². The minimum Gasteiger partial charge on any atom is -0.478 e. The summed E-state index contributed by atoms with van der Waals surface area (Å²) in [5.41, 5.74) is 3.55. The first-order valence-corrected chi connectivity index (χ1v) is 6.68. The Kier molecular flexibility index (Phi) is 3.14. The molecule has 1 aliphatic carbocycles. The number of carbonyl (C=O) groups is 1. The molecule has 20 heavy (non-hydrogen) atoms. The molecule has 0 atom stereocenters. The van der Waals surface area contributed by atoms with Gasteiger partial charge in [0, 0.05) is 6.04 Å². The quantitative estimate of drug-likeness (QED) is 0.898. The largest absolute Gasteiger partial charge is 0.478 e. The van der Waals surface area contributed by atoms with Crippen molar-refractivity contribution in [2.45, 2.75) is 25.8 Å². The number of nitrogens with zero attached hydrogens (tertiary/aromatic N) is 1. The Balaban J connectivity index is 1.74. The second kappa shape index (κ2) is 4.96. The van der Waals surface area contributed by atoms with Crippen molar-refractivity contribution >= 4 is 11.8 Å². The van der Waals surface area contributed by atoms with E-state index in [1.165, 1.54) is 11.1 Å². The van der Waals surface area contributed by atoms with Crippen LogP contribution in [0.3, 0.4) is 0 Å². The first-order valence-electron chi connectivity index (χ1n) is 6.68. The van der Waals surface area contributed by atoms with E-state index in [0.29, 0.717) is 11.7 Å². The molecule has 1 aromatic heterocycles. The van der Waals surface area contributed by atoms with Crippen molar-refractivity contribution < 1.29 is 9.90 Å². The highest BCUT2D eigenvalue weighted by Crippen LogP contribution is 2.24. The van der Waals surface area contributed by atoms with Gasteiger partial charge in [-0.2, -0.15) is 0 Å². The van der Waals surface area contributed by atoms with Crippen LogP contribution in [-0.4, -0.2) is 22.1 Å². The SMILES string of the molecule is Cc1nc(NC2Cc3ccccc3C2)ccc1C(=O)O. The monoisotopic (exact) mass is 268 g/mol. The molecule has 4 nitrogen and oxygen atoms in total. The van der Waals surface area contributed by atoms with E-state index in [4.69, 9.17) is 5.11 Å². The van der Waals surface area contributed by atoms with Gasteiger partial charge in [-0.05, 0) is 43.0 Å². The highest BCUT2D eigenvalue weighted by Gasteiger charge is 2.21. The average molecular weight is 268 g/mol. The van der Waals surface area contributed by atoms with Crippen LogP contribution in [0.2, 0.25) is 0 Å². The van der Waals surface area contributed by atoms with Crippen molar-refractivity contribution in [3.05, 3.63) is 58.8 Å². The van der Waals surface area contributed by atoms with Crippen LogP contribution in [0.25, 0.3) is 0 Å². The minimum atomic E-state index is -0.935. The fourth-order valence-corrected chi connectivity index (χ4v) is 2.74. The number of hydrogen-bond acceptors (Lipinski definition) is 3. The number of aryl methyl sites for hydroxylation is 1. The molecule has 0 spiro atoms. The molecule has 0 amide bonds. The van der Waals surface area contributed by atoms with Gasteiger partial charge in [-0.3, -0.25) is 0 Å². The lowest BCUT2D eigenvalue weighted by Crippen LogP contribution is -2.20. The van der Waals surface area contributed by atoms with E-state index < -0.39 is 5.97 Å². The van der Waals surface area contributed by atoms with Gasteiger partial charge < -0.3 is 10.4 Å². The average Bonchev–Trinajstić information content (AvgIpc) is 2.80. The van der Waals surface area contributed by atoms with Gasteiger partial charge in [0.15, 0.2) is 0 Å². The summed E-state index contributed by atoms with van der Waals surface area (Å²) in [6.07, 6.45) is 1.97. The van der Waals surface area contributed by atoms with Gasteiger partial charge in [0.05, 0.1) is 11.3 Å². The standard InChI is InChI=1S/C16H16N2O2/c1-10-14(16(19)20)6-7-15(17-10)18-13-8-11-4-2-3-5-12(11)9-13/h2-7,13H,8-9H2,1H3,(H,17,18)(H,19,20). The third-order valence-corrected chi connectivity index (χ3v) is 3.72. The molecule has 0 saturated heterocycles. The number of aromatic carboxylic acids is 1. The molecule has 1 heterocycles. The Labute approximate surface area is 117 Å². The summed E-state index contributed by atoms with van der Waals surface area (Å²) in [5, 5.41) is 12.4. The van der Waals surface area contributed by atoms with Crippen LogP contribution in [0.15, 0.2) is 36.4 Å². The number of anilines is 1. The lowest BCUT2D eigenvalue weighted by Gasteiger charge is -2.13. The lowest BCUT2D eigenvalue weighted by molar-refractivity contribution is 0.0695. The van der Waals surface area contributed by atoms with E-state index in [1.807, 2.05) is 0 Å². The molecule has 0 aliphatic heterocycles. The molecule has 3 rings (SSSR count). The Morgan fingerprint density at radius 3 is 2.40 bits per heavy atom. The molecule has 1 aromatic carbocycles. The first kappa shape index (κ1) is 12.7. The summed E-state index contributed by atoms with van der Waals surface area (Å²) in [6, 6.07) is 12.1. The molecule has 2 aromatic rings. The Morgan fingerprint density at radius 1 is 1.20 bits per heavy atom. The molecule has 4 heteroatoms. The molecule has 0 fully saturated rings. The first-order chi connectivity index (χ1) is 9.63.